The quantitative estimate of drug-likeness (QED) is 0.258. The number of para-hydroxylation sites is 1. The zero-order valence-electron chi connectivity index (χ0n) is 23.0. The summed E-state index contributed by atoms with van der Waals surface area (Å²) in [7, 11) is 1.60. The SMILES string of the molecule is COc1cccc(-c2cc(C(=O)N3CCN(C(=O)c4cccc5ccccc45)CC3)c(C)n2-c2ccccc2F)c1. The van der Waals surface area contributed by atoms with Gasteiger partial charge in [0, 0.05) is 43.0 Å². The summed E-state index contributed by atoms with van der Waals surface area (Å²) in [4.78, 5) is 30.9. The van der Waals surface area contributed by atoms with Crippen LogP contribution in [0.5, 0.6) is 5.75 Å². The molecule has 0 spiro atoms. The van der Waals surface area contributed by atoms with Gasteiger partial charge in [-0.3, -0.25) is 9.59 Å². The van der Waals surface area contributed by atoms with Crippen LogP contribution in [0.25, 0.3) is 27.7 Å². The Labute approximate surface area is 238 Å². The number of methoxy groups -OCH3 is 1. The van der Waals surface area contributed by atoms with Gasteiger partial charge in [-0.05, 0) is 54.1 Å². The summed E-state index contributed by atoms with van der Waals surface area (Å²) in [6.07, 6.45) is 0. The molecule has 6 rings (SSSR count). The zero-order valence-corrected chi connectivity index (χ0v) is 23.0. The summed E-state index contributed by atoms with van der Waals surface area (Å²) in [6, 6.07) is 29.5. The van der Waals surface area contributed by atoms with Crippen LogP contribution in [-0.2, 0) is 0 Å². The van der Waals surface area contributed by atoms with Crippen molar-refractivity contribution in [1.82, 2.24) is 14.4 Å². The van der Waals surface area contributed by atoms with Gasteiger partial charge < -0.3 is 19.1 Å². The summed E-state index contributed by atoms with van der Waals surface area (Å²) < 4.78 is 22.2. The highest BCUT2D eigenvalue weighted by Gasteiger charge is 2.29. The minimum Gasteiger partial charge on any atom is -0.497 e. The maximum absolute atomic E-state index is 15.0. The molecule has 7 heteroatoms. The van der Waals surface area contributed by atoms with E-state index >= 15 is 4.39 Å². The predicted molar refractivity (Wildman–Crippen MR) is 158 cm³/mol. The first-order chi connectivity index (χ1) is 20.0. The number of fused-ring (bicyclic) bond motifs is 1. The third-order valence-corrected chi connectivity index (χ3v) is 7.81. The van der Waals surface area contributed by atoms with Gasteiger partial charge in [0.25, 0.3) is 11.8 Å². The topological polar surface area (TPSA) is 54.8 Å². The molecule has 2 amide bonds. The molecule has 4 aromatic carbocycles. The van der Waals surface area contributed by atoms with E-state index in [-0.39, 0.29) is 17.6 Å². The van der Waals surface area contributed by atoms with Crippen molar-refractivity contribution in [3.05, 3.63) is 120 Å². The predicted octanol–water partition coefficient (Wildman–Crippen LogP) is 6.35. The van der Waals surface area contributed by atoms with E-state index in [1.807, 2.05) is 84.6 Å². The molecule has 6 nitrogen and oxygen atoms in total. The third kappa shape index (κ3) is 4.84. The fraction of sp³-hybridized carbons (Fsp3) is 0.176. The molecule has 5 aromatic rings. The van der Waals surface area contributed by atoms with E-state index in [1.165, 1.54) is 6.07 Å². The molecule has 1 saturated heterocycles. The van der Waals surface area contributed by atoms with E-state index in [0.29, 0.717) is 60.1 Å². The maximum atomic E-state index is 15.0. The van der Waals surface area contributed by atoms with Gasteiger partial charge in [0.15, 0.2) is 0 Å². The first-order valence-electron chi connectivity index (χ1n) is 13.6. The first kappa shape index (κ1) is 26.3. The van der Waals surface area contributed by atoms with Crippen LogP contribution >= 0.6 is 0 Å². The Morgan fingerprint density at radius 1 is 0.732 bits per heavy atom. The van der Waals surface area contributed by atoms with Crippen LogP contribution in [0.2, 0.25) is 0 Å². The number of halogens is 1. The van der Waals surface area contributed by atoms with Gasteiger partial charge >= 0.3 is 0 Å². The lowest BCUT2D eigenvalue weighted by Gasteiger charge is -2.35. The van der Waals surface area contributed by atoms with Crippen molar-refractivity contribution >= 4 is 22.6 Å². The number of ether oxygens (including phenoxy) is 1. The van der Waals surface area contributed by atoms with Crippen molar-refractivity contribution in [3.8, 4) is 22.7 Å². The molecule has 0 N–H and O–H groups in total. The Balaban J connectivity index is 1.28. The van der Waals surface area contributed by atoms with Crippen LogP contribution in [0, 0.1) is 12.7 Å². The van der Waals surface area contributed by atoms with E-state index in [4.69, 9.17) is 4.74 Å². The summed E-state index contributed by atoms with van der Waals surface area (Å²) in [6.45, 7) is 3.53. The molecule has 1 aromatic heterocycles. The first-order valence-corrected chi connectivity index (χ1v) is 13.6. The van der Waals surface area contributed by atoms with Gasteiger partial charge in [-0.2, -0.15) is 0 Å². The molecule has 1 aliphatic heterocycles. The minimum atomic E-state index is -0.380. The zero-order chi connectivity index (χ0) is 28.5. The minimum absolute atomic E-state index is 0.0314. The van der Waals surface area contributed by atoms with Crippen molar-refractivity contribution < 1.29 is 18.7 Å². The highest BCUT2D eigenvalue weighted by molar-refractivity contribution is 6.07. The molecule has 0 radical (unpaired) electrons. The molecule has 0 saturated carbocycles. The van der Waals surface area contributed by atoms with E-state index in [0.717, 1.165) is 16.3 Å². The van der Waals surface area contributed by atoms with Crippen LogP contribution in [-0.4, -0.2) is 59.5 Å². The molecule has 1 aliphatic rings. The Hall–Kier alpha value is -4.91. The van der Waals surface area contributed by atoms with Gasteiger partial charge in [0.2, 0.25) is 0 Å². The van der Waals surface area contributed by atoms with Gasteiger partial charge in [-0.25, -0.2) is 4.39 Å². The molecule has 41 heavy (non-hydrogen) atoms. The van der Waals surface area contributed by atoms with Gasteiger partial charge in [-0.1, -0.05) is 60.7 Å². The Morgan fingerprint density at radius 3 is 2.10 bits per heavy atom. The van der Waals surface area contributed by atoms with E-state index in [2.05, 4.69) is 0 Å². The lowest BCUT2D eigenvalue weighted by atomic mass is 10.0. The monoisotopic (exact) mass is 547 g/mol. The van der Waals surface area contributed by atoms with Crippen molar-refractivity contribution in [2.45, 2.75) is 6.92 Å². The lowest BCUT2D eigenvalue weighted by molar-refractivity contribution is 0.0536. The number of carbonyl (C=O) groups is 2. The van der Waals surface area contributed by atoms with Gasteiger partial charge in [0.05, 0.1) is 24.1 Å². The normalized spacial score (nSPS) is 13.4. The fourth-order valence-electron chi connectivity index (χ4n) is 5.63. The molecule has 0 atom stereocenters. The van der Waals surface area contributed by atoms with Crippen molar-refractivity contribution in [2.24, 2.45) is 0 Å². The van der Waals surface area contributed by atoms with Crippen LogP contribution in [0.1, 0.15) is 26.4 Å². The number of carbonyl (C=O) groups excluding carboxylic acids is 2. The molecular weight excluding hydrogens is 517 g/mol. The number of rotatable bonds is 5. The van der Waals surface area contributed by atoms with Crippen LogP contribution in [0.3, 0.4) is 0 Å². The maximum Gasteiger partial charge on any atom is 0.255 e. The second kappa shape index (κ2) is 10.9. The molecular formula is C34H30FN3O3. The lowest BCUT2D eigenvalue weighted by Crippen LogP contribution is -2.50. The summed E-state index contributed by atoms with van der Waals surface area (Å²) in [5.41, 5.74) is 3.68. The number of nitrogens with zero attached hydrogens (tertiary/aromatic N) is 3. The van der Waals surface area contributed by atoms with Gasteiger partial charge in [0.1, 0.15) is 11.6 Å². The second-order valence-corrected chi connectivity index (χ2v) is 10.2. The average molecular weight is 548 g/mol. The highest BCUT2D eigenvalue weighted by Crippen LogP contribution is 2.33. The number of hydrogen-bond acceptors (Lipinski definition) is 3. The number of benzene rings is 4. The van der Waals surface area contributed by atoms with Crippen molar-refractivity contribution in [3.63, 3.8) is 0 Å². The number of hydrogen-bond donors (Lipinski definition) is 0. The summed E-state index contributed by atoms with van der Waals surface area (Å²) >= 11 is 0. The summed E-state index contributed by atoms with van der Waals surface area (Å²) in [5.74, 6) is 0.117. The Kier molecular flexibility index (Phi) is 7.01. The average Bonchev–Trinajstić information content (AvgIpc) is 3.37. The van der Waals surface area contributed by atoms with E-state index in [9.17, 15) is 9.59 Å². The van der Waals surface area contributed by atoms with Crippen molar-refractivity contribution in [2.75, 3.05) is 33.3 Å². The molecule has 1 fully saturated rings. The smallest absolute Gasteiger partial charge is 0.255 e. The second-order valence-electron chi connectivity index (χ2n) is 10.2. The largest absolute Gasteiger partial charge is 0.497 e. The van der Waals surface area contributed by atoms with Gasteiger partial charge in [-0.15, -0.1) is 0 Å². The standard InChI is InChI=1S/C34H30FN3O3/c1-23-29(22-32(25-11-7-12-26(21-25)41-2)38(23)31-16-6-5-15-30(31)35)34(40)37-19-17-36(18-20-37)33(39)28-14-8-10-24-9-3-4-13-27(24)28/h3-16,21-22H,17-20H2,1-2H3. The fourth-order valence-corrected chi connectivity index (χ4v) is 5.63. The Morgan fingerprint density at radius 2 is 1.37 bits per heavy atom. The van der Waals surface area contributed by atoms with E-state index < -0.39 is 0 Å². The van der Waals surface area contributed by atoms with Crippen molar-refractivity contribution in [1.29, 1.82) is 0 Å². The number of piperazine rings is 1. The molecule has 2 heterocycles. The Bertz CT molecular complexity index is 1760. The van der Waals surface area contributed by atoms with E-state index in [1.54, 1.807) is 34.8 Å². The molecule has 0 aliphatic carbocycles. The molecule has 0 bridgehead atoms. The summed E-state index contributed by atoms with van der Waals surface area (Å²) in [5, 5.41) is 1.95. The number of amides is 2. The number of aromatic nitrogens is 1. The van der Waals surface area contributed by atoms with Crippen LogP contribution < -0.4 is 4.74 Å². The van der Waals surface area contributed by atoms with Crippen LogP contribution in [0.4, 0.5) is 4.39 Å². The van der Waals surface area contributed by atoms with Crippen LogP contribution in [0.15, 0.2) is 97.1 Å². The third-order valence-electron chi connectivity index (χ3n) is 7.81. The molecule has 206 valence electrons. The highest BCUT2D eigenvalue weighted by atomic mass is 19.1. The molecule has 0 unspecified atom stereocenters.